The summed E-state index contributed by atoms with van der Waals surface area (Å²) < 4.78 is 7.82. The number of rotatable bonds is 4. The number of nitrogens with zero attached hydrogens (tertiary/aromatic N) is 6. The Kier molecular flexibility index (Phi) is 8.46. The fourth-order valence-corrected chi connectivity index (χ4v) is 5.32. The quantitative estimate of drug-likeness (QED) is 0.427. The molecule has 1 aliphatic carbocycles. The van der Waals surface area contributed by atoms with Crippen LogP contribution in [0.1, 0.15) is 52.5 Å². The van der Waals surface area contributed by atoms with Crippen molar-refractivity contribution in [1.82, 2.24) is 24.4 Å². The zero-order valence-electron chi connectivity index (χ0n) is 21.8. The number of hydrogen-bond donors (Lipinski definition) is 1. The second-order valence-electron chi connectivity index (χ2n) is 10.6. The number of aromatic nitrogens is 4. The molecule has 0 spiro atoms. The minimum atomic E-state index is -0.499. The van der Waals surface area contributed by atoms with Crippen LogP contribution in [0.15, 0.2) is 39.9 Å². The molecule has 1 saturated heterocycles. The Labute approximate surface area is 236 Å². The monoisotopic (exact) mass is 605 g/mol. The summed E-state index contributed by atoms with van der Waals surface area (Å²) in [6.45, 7) is 8.22. The van der Waals surface area contributed by atoms with Crippen LogP contribution in [-0.4, -0.2) is 62.3 Å². The topological polar surface area (TPSA) is 105 Å². The third-order valence-corrected chi connectivity index (χ3v) is 7.27. The van der Waals surface area contributed by atoms with Crippen LogP contribution >= 0.6 is 28.3 Å². The summed E-state index contributed by atoms with van der Waals surface area (Å²) in [4.78, 5) is 42.9. The van der Waals surface area contributed by atoms with E-state index in [-0.39, 0.29) is 30.1 Å². The van der Waals surface area contributed by atoms with E-state index in [9.17, 15) is 9.59 Å². The van der Waals surface area contributed by atoms with Gasteiger partial charge in [-0.25, -0.2) is 14.8 Å². The highest BCUT2D eigenvalue weighted by molar-refractivity contribution is 9.10. The third-order valence-electron chi connectivity index (χ3n) is 6.70. The van der Waals surface area contributed by atoms with Crippen molar-refractivity contribution < 1.29 is 9.53 Å². The number of hydrogen-bond acceptors (Lipinski definition) is 8. The fourth-order valence-electron chi connectivity index (χ4n) is 4.88. The predicted molar refractivity (Wildman–Crippen MR) is 154 cm³/mol. The number of ether oxygens (including phenoxy) is 1. The average molecular weight is 607 g/mol. The molecule has 0 unspecified atom stereocenters. The Bertz CT molecular complexity index is 1350. The summed E-state index contributed by atoms with van der Waals surface area (Å²) in [5.74, 6) is 1.01. The molecule has 204 valence electrons. The summed E-state index contributed by atoms with van der Waals surface area (Å²) in [5, 5.41) is 3.99. The largest absolute Gasteiger partial charge is 0.444 e. The van der Waals surface area contributed by atoms with Crippen molar-refractivity contribution in [2.75, 3.05) is 36.4 Å². The first-order chi connectivity index (χ1) is 17.7. The molecule has 0 atom stereocenters. The highest BCUT2D eigenvalue weighted by atomic mass is 79.9. The van der Waals surface area contributed by atoms with Crippen LogP contribution in [0.4, 0.5) is 22.2 Å². The van der Waals surface area contributed by atoms with Gasteiger partial charge in [-0.2, -0.15) is 4.98 Å². The zero-order chi connectivity index (χ0) is 26.2. The van der Waals surface area contributed by atoms with E-state index in [0.29, 0.717) is 48.1 Å². The van der Waals surface area contributed by atoms with Gasteiger partial charge >= 0.3 is 6.09 Å². The van der Waals surface area contributed by atoms with Gasteiger partial charge in [-0.3, -0.25) is 9.36 Å². The second kappa shape index (κ2) is 11.4. The Morgan fingerprint density at radius 1 is 1.08 bits per heavy atom. The smallest absolute Gasteiger partial charge is 0.410 e. The van der Waals surface area contributed by atoms with Crippen LogP contribution in [0, 0.1) is 0 Å². The summed E-state index contributed by atoms with van der Waals surface area (Å²) in [7, 11) is 0. The van der Waals surface area contributed by atoms with E-state index in [1.807, 2.05) is 37.5 Å². The van der Waals surface area contributed by atoms with Crippen molar-refractivity contribution in [3.63, 3.8) is 0 Å². The van der Waals surface area contributed by atoms with Crippen molar-refractivity contribution in [2.45, 2.75) is 58.1 Å². The number of carbonyl (C=O) groups excluding carboxylic acids is 1. The molecular formula is C26H33BrClN7O3. The van der Waals surface area contributed by atoms with Crippen LogP contribution in [-0.2, 0) is 4.74 Å². The van der Waals surface area contributed by atoms with Crippen molar-refractivity contribution in [1.29, 1.82) is 0 Å². The highest BCUT2D eigenvalue weighted by Gasteiger charge is 2.26. The minimum Gasteiger partial charge on any atom is -0.444 e. The fraction of sp³-hybridized carbons (Fsp3) is 0.500. The molecule has 0 radical (unpaired) electrons. The first kappa shape index (κ1) is 28.1. The molecule has 10 nitrogen and oxygen atoms in total. The number of fused-ring (bicyclic) bond motifs is 1. The molecule has 3 aromatic heterocycles. The maximum Gasteiger partial charge on any atom is 0.410 e. The molecule has 0 bridgehead atoms. The second-order valence-corrected chi connectivity index (χ2v) is 11.4. The van der Waals surface area contributed by atoms with E-state index < -0.39 is 5.60 Å². The summed E-state index contributed by atoms with van der Waals surface area (Å²) in [5.41, 5.74) is 1.06. The van der Waals surface area contributed by atoms with Gasteiger partial charge in [0, 0.05) is 43.8 Å². The highest BCUT2D eigenvalue weighted by Crippen LogP contribution is 2.31. The molecule has 0 aromatic carbocycles. The van der Waals surface area contributed by atoms with E-state index in [1.54, 1.807) is 23.4 Å². The normalized spacial score (nSPS) is 16.4. The Hall–Kier alpha value is -2.92. The molecule has 2 aliphatic rings. The number of piperazine rings is 1. The number of amides is 1. The maximum atomic E-state index is 12.9. The molecule has 12 heteroatoms. The molecule has 1 N–H and O–H groups in total. The molecule has 2 fully saturated rings. The molecule has 38 heavy (non-hydrogen) atoms. The van der Waals surface area contributed by atoms with Crippen molar-refractivity contribution in [3.8, 4) is 0 Å². The Morgan fingerprint density at radius 3 is 2.42 bits per heavy atom. The molecule has 4 heterocycles. The average Bonchev–Trinajstić information content (AvgIpc) is 3.39. The molecular weight excluding hydrogens is 574 g/mol. The van der Waals surface area contributed by atoms with Gasteiger partial charge in [0.25, 0.3) is 5.56 Å². The van der Waals surface area contributed by atoms with E-state index in [4.69, 9.17) is 9.72 Å². The lowest BCUT2D eigenvalue weighted by molar-refractivity contribution is 0.0240. The Morgan fingerprint density at radius 2 is 1.79 bits per heavy atom. The zero-order valence-corrected chi connectivity index (χ0v) is 24.2. The number of anilines is 3. The van der Waals surface area contributed by atoms with Gasteiger partial charge in [0.2, 0.25) is 5.95 Å². The van der Waals surface area contributed by atoms with Crippen LogP contribution in [0.5, 0.6) is 0 Å². The first-order valence-corrected chi connectivity index (χ1v) is 13.5. The number of halogens is 2. The maximum absolute atomic E-state index is 12.9. The van der Waals surface area contributed by atoms with Gasteiger partial charge in [-0.05, 0) is 67.7 Å². The van der Waals surface area contributed by atoms with Gasteiger partial charge in [-0.15, -0.1) is 12.4 Å². The van der Waals surface area contributed by atoms with Gasteiger partial charge in [0.15, 0.2) is 0 Å². The van der Waals surface area contributed by atoms with E-state index in [0.717, 1.165) is 36.8 Å². The molecule has 1 amide bonds. The van der Waals surface area contributed by atoms with Gasteiger partial charge < -0.3 is 19.9 Å². The van der Waals surface area contributed by atoms with E-state index >= 15 is 0 Å². The van der Waals surface area contributed by atoms with Crippen LogP contribution < -0.4 is 15.8 Å². The van der Waals surface area contributed by atoms with Crippen LogP contribution in [0.2, 0.25) is 0 Å². The summed E-state index contributed by atoms with van der Waals surface area (Å²) in [6.07, 6.45) is 7.46. The van der Waals surface area contributed by atoms with Crippen LogP contribution in [0.25, 0.3) is 11.0 Å². The van der Waals surface area contributed by atoms with Crippen molar-refractivity contribution in [2.24, 2.45) is 0 Å². The van der Waals surface area contributed by atoms with Gasteiger partial charge in [0.1, 0.15) is 17.1 Å². The first-order valence-electron chi connectivity index (χ1n) is 12.7. The standard InChI is InChI=1S/C26H32BrN7O3.ClH/c1-26(2,3)37-25(36)33-12-10-32(11-13-33)19-8-9-21(28-16-19)30-24-29-15-17-14-20(27)23(35)34(22(17)31-24)18-6-4-5-7-18;/h8-9,14-16,18H,4-7,10-13H2,1-3H3,(H,28,29,30,31);1H. The molecule has 1 saturated carbocycles. The van der Waals surface area contributed by atoms with Gasteiger partial charge in [-0.1, -0.05) is 12.8 Å². The SMILES string of the molecule is CC(C)(C)OC(=O)N1CCN(c2ccc(Nc3ncc4cc(Br)c(=O)n(C5CCCC5)c4n3)nc2)CC1.Cl. The van der Waals surface area contributed by atoms with Crippen molar-refractivity contribution >= 4 is 62.9 Å². The summed E-state index contributed by atoms with van der Waals surface area (Å²) >= 11 is 3.40. The lowest BCUT2D eigenvalue weighted by Gasteiger charge is -2.36. The third kappa shape index (κ3) is 6.20. The Balaban J connectivity index is 0.00000336. The molecule has 1 aliphatic heterocycles. The van der Waals surface area contributed by atoms with E-state index in [2.05, 4.69) is 36.1 Å². The number of carbonyl (C=O) groups is 1. The lowest BCUT2D eigenvalue weighted by atomic mass is 10.2. The lowest BCUT2D eigenvalue weighted by Crippen LogP contribution is -2.50. The van der Waals surface area contributed by atoms with Gasteiger partial charge in [0.05, 0.1) is 16.4 Å². The van der Waals surface area contributed by atoms with Crippen LogP contribution in [0.3, 0.4) is 0 Å². The summed E-state index contributed by atoms with van der Waals surface area (Å²) in [6, 6.07) is 5.81. The molecule has 5 rings (SSSR count). The minimum absolute atomic E-state index is 0. The number of pyridine rings is 2. The molecule has 3 aromatic rings. The predicted octanol–water partition coefficient (Wildman–Crippen LogP) is 5.29. The van der Waals surface area contributed by atoms with E-state index in [1.165, 1.54) is 0 Å². The number of nitrogens with one attached hydrogen (secondary N) is 1. The van der Waals surface area contributed by atoms with Crippen molar-refractivity contribution in [3.05, 3.63) is 45.4 Å².